The van der Waals surface area contributed by atoms with E-state index in [1.54, 1.807) is 0 Å². The van der Waals surface area contributed by atoms with Crippen LogP contribution < -0.4 is 20.5 Å². The van der Waals surface area contributed by atoms with Gasteiger partial charge < -0.3 is 20.5 Å². The van der Waals surface area contributed by atoms with Crippen molar-refractivity contribution < 1.29 is 19.1 Å². The summed E-state index contributed by atoms with van der Waals surface area (Å²) in [7, 11) is 0. The topological polar surface area (TPSA) is 93.9 Å². The number of nitrogens with two attached hydrogens (primary N) is 1. The predicted molar refractivity (Wildman–Crippen MR) is 119 cm³/mol. The monoisotopic (exact) mass is 435 g/mol. The van der Waals surface area contributed by atoms with Crippen LogP contribution in [0.3, 0.4) is 0 Å². The van der Waals surface area contributed by atoms with Crippen LogP contribution in [0.1, 0.15) is 42.4 Å². The van der Waals surface area contributed by atoms with Gasteiger partial charge in [-0.15, -0.1) is 0 Å². The van der Waals surface area contributed by atoms with Crippen molar-refractivity contribution in [1.29, 1.82) is 0 Å². The minimum absolute atomic E-state index is 0.0904. The molecule has 5 rings (SSSR count). The molecule has 7 heteroatoms. The van der Waals surface area contributed by atoms with Gasteiger partial charge in [0.25, 0.3) is 0 Å². The summed E-state index contributed by atoms with van der Waals surface area (Å²) in [6.07, 6.45) is 4.39. The van der Waals surface area contributed by atoms with Gasteiger partial charge in [-0.3, -0.25) is 14.5 Å². The number of nitrogens with one attached hydrogen (secondary N) is 1. The molecule has 2 heterocycles. The third kappa shape index (κ3) is 3.93. The molecule has 0 spiro atoms. The zero-order chi connectivity index (χ0) is 22.1. The number of amides is 2. The molecule has 1 saturated carbocycles. The third-order valence-corrected chi connectivity index (χ3v) is 6.95. The van der Waals surface area contributed by atoms with E-state index in [1.165, 1.54) is 0 Å². The molecule has 168 valence electrons. The molecule has 2 aromatic rings. The summed E-state index contributed by atoms with van der Waals surface area (Å²) >= 11 is 0. The summed E-state index contributed by atoms with van der Waals surface area (Å²) in [5.41, 5.74) is 8.58. The molecule has 0 bridgehead atoms. The normalized spacial score (nSPS) is 21.6. The molecule has 0 radical (unpaired) electrons. The molecular formula is C25H29N3O4. The first-order valence-corrected chi connectivity index (χ1v) is 11.4. The lowest BCUT2D eigenvalue weighted by Gasteiger charge is -2.37. The molecule has 7 nitrogen and oxygen atoms in total. The van der Waals surface area contributed by atoms with E-state index in [1.807, 2.05) is 47.4 Å². The van der Waals surface area contributed by atoms with E-state index in [4.69, 9.17) is 15.2 Å². The van der Waals surface area contributed by atoms with Gasteiger partial charge in [-0.05, 0) is 48.1 Å². The Labute approximate surface area is 187 Å². The second-order valence-electron chi connectivity index (χ2n) is 8.99. The Morgan fingerprint density at radius 1 is 1.03 bits per heavy atom. The van der Waals surface area contributed by atoms with Crippen molar-refractivity contribution in [2.45, 2.75) is 50.2 Å². The van der Waals surface area contributed by atoms with E-state index in [0.29, 0.717) is 26.2 Å². The number of ether oxygens (including phenoxy) is 2. The second kappa shape index (κ2) is 8.47. The molecule has 3 N–H and O–H groups in total. The van der Waals surface area contributed by atoms with Crippen LogP contribution in [0.15, 0.2) is 42.5 Å². The van der Waals surface area contributed by atoms with Crippen LogP contribution in [0.2, 0.25) is 0 Å². The number of fused-ring (bicyclic) bond motifs is 2. The summed E-state index contributed by atoms with van der Waals surface area (Å²) in [6.45, 7) is 1.75. The molecule has 2 aliphatic heterocycles. The van der Waals surface area contributed by atoms with Gasteiger partial charge in [-0.2, -0.15) is 0 Å². The van der Waals surface area contributed by atoms with Crippen molar-refractivity contribution in [3.05, 3.63) is 59.2 Å². The fraction of sp³-hybridized carbons (Fsp3) is 0.440. The molecule has 1 fully saturated rings. The standard InChI is InChI=1S/C25H29N3O4/c26-24(30)20-13-17-5-1-2-6-18(17)15-28(20)16-23(29)27-25(9-3-4-10-25)19-7-8-21-22(14-19)32-12-11-31-21/h1-2,5-8,14,20H,3-4,9-13,15-16H2,(H2,26,30)(H,27,29)/t20-/m0/s1. The van der Waals surface area contributed by atoms with Crippen molar-refractivity contribution in [2.24, 2.45) is 5.73 Å². The van der Waals surface area contributed by atoms with E-state index in [0.717, 1.165) is 53.9 Å². The van der Waals surface area contributed by atoms with Crippen molar-refractivity contribution in [3.8, 4) is 11.5 Å². The lowest BCUT2D eigenvalue weighted by molar-refractivity contribution is -0.128. The molecule has 0 aromatic heterocycles. The van der Waals surface area contributed by atoms with E-state index in [2.05, 4.69) is 5.32 Å². The third-order valence-electron chi connectivity index (χ3n) is 6.95. The highest BCUT2D eigenvalue weighted by Crippen LogP contribution is 2.42. The van der Waals surface area contributed by atoms with E-state index in [9.17, 15) is 9.59 Å². The molecule has 0 unspecified atom stereocenters. The smallest absolute Gasteiger partial charge is 0.235 e. The highest BCUT2D eigenvalue weighted by molar-refractivity contribution is 5.83. The fourth-order valence-electron chi connectivity index (χ4n) is 5.32. The number of hydrogen-bond donors (Lipinski definition) is 2. The summed E-state index contributed by atoms with van der Waals surface area (Å²) in [5.74, 6) is 0.994. The van der Waals surface area contributed by atoms with Gasteiger partial charge in [0.2, 0.25) is 11.8 Å². The van der Waals surface area contributed by atoms with E-state index < -0.39 is 17.5 Å². The summed E-state index contributed by atoms with van der Waals surface area (Å²) in [6, 6.07) is 13.5. The summed E-state index contributed by atoms with van der Waals surface area (Å²) in [5, 5.41) is 3.32. The first-order valence-electron chi connectivity index (χ1n) is 11.4. The summed E-state index contributed by atoms with van der Waals surface area (Å²) in [4.78, 5) is 27.3. The largest absolute Gasteiger partial charge is 0.486 e. The SMILES string of the molecule is NC(=O)[C@@H]1Cc2ccccc2CN1CC(=O)NC1(c2ccc3c(c2)OCCO3)CCCC1. The number of nitrogens with zero attached hydrogens (tertiary/aromatic N) is 1. The number of primary amides is 1. The van der Waals surface area contributed by atoms with Gasteiger partial charge >= 0.3 is 0 Å². The number of carbonyl (C=O) groups excluding carboxylic acids is 2. The number of benzene rings is 2. The van der Waals surface area contributed by atoms with Gasteiger partial charge in [0, 0.05) is 6.54 Å². The molecule has 2 amide bonds. The number of carbonyl (C=O) groups is 2. The maximum atomic E-state index is 13.3. The number of rotatable bonds is 5. The molecule has 3 aliphatic rings. The van der Waals surface area contributed by atoms with Crippen LogP contribution in [-0.2, 0) is 28.1 Å². The second-order valence-corrected chi connectivity index (χ2v) is 8.99. The van der Waals surface area contributed by atoms with Gasteiger partial charge in [0.1, 0.15) is 13.2 Å². The van der Waals surface area contributed by atoms with Crippen LogP contribution in [0.5, 0.6) is 11.5 Å². The van der Waals surface area contributed by atoms with E-state index >= 15 is 0 Å². The zero-order valence-electron chi connectivity index (χ0n) is 18.1. The Morgan fingerprint density at radius 3 is 2.50 bits per heavy atom. The Morgan fingerprint density at radius 2 is 1.75 bits per heavy atom. The molecule has 1 aliphatic carbocycles. The van der Waals surface area contributed by atoms with Gasteiger partial charge in [-0.1, -0.05) is 43.2 Å². The lowest BCUT2D eigenvalue weighted by atomic mass is 9.87. The highest BCUT2D eigenvalue weighted by Gasteiger charge is 2.39. The fourth-order valence-corrected chi connectivity index (χ4v) is 5.32. The average molecular weight is 436 g/mol. The zero-order valence-corrected chi connectivity index (χ0v) is 18.1. The molecule has 1 atom stereocenters. The maximum absolute atomic E-state index is 13.3. The Balaban J connectivity index is 1.35. The van der Waals surface area contributed by atoms with Crippen molar-refractivity contribution in [2.75, 3.05) is 19.8 Å². The summed E-state index contributed by atoms with van der Waals surface area (Å²) < 4.78 is 11.4. The highest BCUT2D eigenvalue weighted by atomic mass is 16.6. The Hall–Kier alpha value is -3.06. The number of hydrogen-bond acceptors (Lipinski definition) is 5. The van der Waals surface area contributed by atoms with Crippen molar-refractivity contribution in [3.63, 3.8) is 0 Å². The molecule has 32 heavy (non-hydrogen) atoms. The van der Waals surface area contributed by atoms with Gasteiger partial charge in [-0.25, -0.2) is 0 Å². The van der Waals surface area contributed by atoms with Crippen LogP contribution in [-0.4, -0.2) is 42.5 Å². The molecule has 0 saturated heterocycles. The van der Waals surface area contributed by atoms with Crippen LogP contribution in [0.25, 0.3) is 0 Å². The van der Waals surface area contributed by atoms with Crippen molar-refractivity contribution in [1.82, 2.24) is 10.2 Å². The van der Waals surface area contributed by atoms with Crippen LogP contribution in [0, 0.1) is 0 Å². The van der Waals surface area contributed by atoms with Crippen molar-refractivity contribution >= 4 is 11.8 Å². The van der Waals surface area contributed by atoms with E-state index in [-0.39, 0.29) is 12.5 Å². The average Bonchev–Trinajstić information content (AvgIpc) is 3.27. The predicted octanol–water partition coefficient (Wildman–Crippen LogP) is 2.26. The minimum atomic E-state index is -0.482. The van der Waals surface area contributed by atoms with Gasteiger partial charge in [0.15, 0.2) is 11.5 Å². The Kier molecular flexibility index (Phi) is 5.51. The van der Waals surface area contributed by atoms with Crippen LogP contribution >= 0.6 is 0 Å². The minimum Gasteiger partial charge on any atom is -0.486 e. The maximum Gasteiger partial charge on any atom is 0.235 e. The first kappa shape index (κ1) is 20.8. The molecule has 2 aromatic carbocycles. The van der Waals surface area contributed by atoms with Crippen LogP contribution in [0.4, 0.5) is 0 Å². The molecular weight excluding hydrogens is 406 g/mol. The quantitative estimate of drug-likeness (QED) is 0.751. The Bertz CT molecular complexity index is 1030. The van der Waals surface area contributed by atoms with Gasteiger partial charge in [0.05, 0.1) is 18.1 Å². The lowest BCUT2D eigenvalue weighted by Crippen LogP contribution is -2.54. The first-order chi connectivity index (χ1) is 15.5.